The number of carbonyl (C=O) groups is 2. The minimum atomic E-state index is -0.0435. The average Bonchev–Trinajstić information content (AvgIpc) is 3.61. The molecule has 0 spiro atoms. The molecule has 6 nitrogen and oxygen atoms in total. The van der Waals surface area contributed by atoms with Crippen LogP contribution < -0.4 is 15.8 Å². The van der Waals surface area contributed by atoms with E-state index < -0.39 is 0 Å². The van der Waals surface area contributed by atoms with Gasteiger partial charge in [0.15, 0.2) is 0 Å². The molecule has 1 saturated heterocycles. The van der Waals surface area contributed by atoms with E-state index >= 15 is 0 Å². The van der Waals surface area contributed by atoms with Crippen molar-refractivity contribution in [2.24, 2.45) is 17.6 Å². The van der Waals surface area contributed by atoms with Gasteiger partial charge >= 0.3 is 0 Å². The normalized spacial score (nSPS) is 18.5. The Morgan fingerprint density at radius 3 is 2.45 bits per heavy atom. The van der Waals surface area contributed by atoms with Crippen molar-refractivity contribution in [1.82, 2.24) is 10.2 Å². The molecule has 2 aliphatic rings. The van der Waals surface area contributed by atoms with E-state index in [1.807, 2.05) is 41.3 Å². The molecule has 2 amide bonds. The average molecular weight is 396 g/mol. The SMILES string of the molecule is COc1ccc(C(=O)N2CCC(C(=O)NCC(N)C3CC3)CC2)c2ccccc12. The molecule has 29 heavy (non-hydrogen) atoms. The van der Waals surface area contributed by atoms with Crippen molar-refractivity contribution in [3.8, 4) is 5.75 Å². The molecule has 6 heteroatoms. The highest BCUT2D eigenvalue weighted by atomic mass is 16.5. The molecule has 1 heterocycles. The highest BCUT2D eigenvalue weighted by molar-refractivity contribution is 6.08. The quantitative estimate of drug-likeness (QED) is 0.787. The third-order valence-electron chi connectivity index (χ3n) is 6.23. The van der Waals surface area contributed by atoms with E-state index in [1.165, 1.54) is 12.8 Å². The first-order chi connectivity index (χ1) is 14.1. The summed E-state index contributed by atoms with van der Waals surface area (Å²) in [6.07, 6.45) is 3.73. The largest absolute Gasteiger partial charge is 0.496 e. The molecule has 1 aliphatic carbocycles. The summed E-state index contributed by atoms with van der Waals surface area (Å²) in [5, 5.41) is 4.83. The fourth-order valence-electron chi connectivity index (χ4n) is 4.20. The maximum atomic E-state index is 13.2. The van der Waals surface area contributed by atoms with Gasteiger partial charge in [0, 0.05) is 42.5 Å². The van der Waals surface area contributed by atoms with Crippen molar-refractivity contribution in [3.05, 3.63) is 42.0 Å². The van der Waals surface area contributed by atoms with Crippen molar-refractivity contribution in [2.45, 2.75) is 31.7 Å². The van der Waals surface area contributed by atoms with Crippen molar-refractivity contribution >= 4 is 22.6 Å². The van der Waals surface area contributed by atoms with Gasteiger partial charge in [-0.05, 0) is 49.1 Å². The molecule has 0 aromatic heterocycles. The van der Waals surface area contributed by atoms with E-state index in [2.05, 4.69) is 5.32 Å². The minimum absolute atomic E-state index is 0.0125. The summed E-state index contributed by atoms with van der Waals surface area (Å²) in [5.74, 6) is 1.38. The lowest BCUT2D eigenvalue weighted by molar-refractivity contribution is -0.126. The van der Waals surface area contributed by atoms with Crippen molar-refractivity contribution in [3.63, 3.8) is 0 Å². The molecule has 1 saturated carbocycles. The lowest BCUT2D eigenvalue weighted by atomic mass is 9.94. The third kappa shape index (κ3) is 4.22. The summed E-state index contributed by atoms with van der Waals surface area (Å²) in [6.45, 7) is 1.73. The Balaban J connectivity index is 1.38. The highest BCUT2D eigenvalue weighted by Crippen LogP contribution is 2.32. The van der Waals surface area contributed by atoms with Crippen LogP contribution in [-0.2, 0) is 4.79 Å². The van der Waals surface area contributed by atoms with Gasteiger partial charge in [0.05, 0.1) is 7.11 Å². The van der Waals surface area contributed by atoms with Crippen LogP contribution in [0.3, 0.4) is 0 Å². The molecule has 1 atom stereocenters. The summed E-state index contributed by atoms with van der Waals surface area (Å²) < 4.78 is 5.43. The fraction of sp³-hybridized carbons (Fsp3) is 0.478. The number of benzene rings is 2. The topological polar surface area (TPSA) is 84.7 Å². The van der Waals surface area contributed by atoms with Crippen LogP contribution in [0.15, 0.2) is 36.4 Å². The lowest BCUT2D eigenvalue weighted by Crippen LogP contribution is -2.45. The zero-order valence-electron chi connectivity index (χ0n) is 16.9. The number of nitrogens with two attached hydrogens (primary N) is 1. The Bertz CT molecular complexity index is 901. The van der Waals surface area contributed by atoms with Crippen molar-refractivity contribution in [1.29, 1.82) is 0 Å². The number of ether oxygens (including phenoxy) is 1. The van der Waals surface area contributed by atoms with E-state index in [4.69, 9.17) is 10.5 Å². The molecule has 0 radical (unpaired) electrons. The first kappa shape index (κ1) is 19.7. The van der Waals surface area contributed by atoms with Gasteiger partial charge in [0.2, 0.25) is 5.91 Å². The number of carbonyl (C=O) groups excluding carboxylic acids is 2. The molecule has 1 unspecified atom stereocenters. The van der Waals surface area contributed by atoms with E-state index in [0.717, 1.165) is 16.5 Å². The van der Waals surface area contributed by atoms with Gasteiger partial charge in [-0.3, -0.25) is 9.59 Å². The molecule has 3 N–H and O–H groups in total. The van der Waals surface area contributed by atoms with Crippen LogP contribution in [0.1, 0.15) is 36.0 Å². The van der Waals surface area contributed by atoms with Crippen LogP contribution in [0, 0.1) is 11.8 Å². The summed E-state index contributed by atoms with van der Waals surface area (Å²) in [7, 11) is 1.64. The van der Waals surface area contributed by atoms with Gasteiger partial charge in [-0.2, -0.15) is 0 Å². The number of hydrogen-bond donors (Lipinski definition) is 2. The van der Waals surface area contributed by atoms with Crippen molar-refractivity contribution < 1.29 is 14.3 Å². The van der Waals surface area contributed by atoms with Crippen LogP contribution in [-0.4, -0.2) is 49.5 Å². The Labute approximate surface area is 171 Å². The van der Waals surface area contributed by atoms with Gasteiger partial charge in [-0.1, -0.05) is 24.3 Å². The zero-order valence-corrected chi connectivity index (χ0v) is 16.9. The summed E-state index contributed by atoms with van der Waals surface area (Å²) >= 11 is 0. The standard InChI is InChI=1S/C23H29N3O3/c1-29-21-9-8-19(17-4-2-3-5-18(17)21)23(28)26-12-10-16(11-13-26)22(27)25-14-20(24)15-6-7-15/h2-5,8-9,15-16,20H,6-7,10-14,24H2,1H3,(H,25,27). The van der Waals surface area contributed by atoms with E-state index in [1.54, 1.807) is 7.11 Å². The van der Waals surface area contributed by atoms with E-state index in [-0.39, 0.29) is 23.8 Å². The third-order valence-corrected chi connectivity index (χ3v) is 6.23. The monoisotopic (exact) mass is 395 g/mol. The molecular formula is C23H29N3O3. The maximum Gasteiger partial charge on any atom is 0.254 e. The van der Waals surface area contributed by atoms with Crippen LogP contribution in [0.25, 0.3) is 10.8 Å². The number of methoxy groups -OCH3 is 1. The number of likely N-dealkylation sites (tertiary alicyclic amines) is 1. The molecule has 1 aliphatic heterocycles. The molecule has 4 rings (SSSR count). The van der Waals surface area contributed by atoms with Crippen LogP contribution >= 0.6 is 0 Å². The van der Waals surface area contributed by atoms with Gasteiger partial charge in [-0.15, -0.1) is 0 Å². The first-order valence-electron chi connectivity index (χ1n) is 10.5. The van der Waals surface area contributed by atoms with Crippen LogP contribution in [0.4, 0.5) is 0 Å². The Kier molecular flexibility index (Phi) is 5.72. The smallest absolute Gasteiger partial charge is 0.254 e. The number of rotatable bonds is 6. The summed E-state index contributed by atoms with van der Waals surface area (Å²) in [6, 6.07) is 11.5. The molecular weight excluding hydrogens is 366 g/mol. The molecule has 2 fully saturated rings. The van der Waals surface area contributed by atoms with E-state index in [0.29, 0.717) is 44.0 Å². The first-order valence-corrected chi connectivity index (χ1v) is 10.5. The predicted molar refractivity (Wildman–Crippen MR) is 113 cm³/mol. The number of hydrogen-bond acceptors (Lipinski definition) is 4. The van der Waals surface area contributed by atoms with Gasteiger partial charge in [0.25, 0.3) is 5.91 Å². The fourth-order valence-corrected chi connectivity index (χ4v) is 4.20. The molecule has 154 valence electrons. The van der Waals surface area contributed by atoms with Crippen molar-refractivity contribution in [2.75, 3.05) is 26.7 Å². The Morgan fingerprint density at radius 2 is 1.79 bits per heavy atom. The second kappa shape index (κ2) is 8.41. The van der Waals surface area contributed by atoms with Gasteiger partial charge < -0.3 is 20.7 Å². The lowest BCUT2D eigenvalue weighted by Gasteiger charge is -2.32. The Hall–Kier alpha value is -2.60. The predicted octanol–water partition coefficient (Wildman–Crippen LogP) is 2.55. The number of nitrogens with zero attached hydrogens (tertiary/aromatic N) is 1. The summed E-state index contributed by atoms with van der Waals surface area (Å²) in [5.41, 5.74) is 6.75. The highest BCUT2D eigenvalue weighted by Gasteiger charge is 2.31. The van der Waals surface area contributed by atoms with Crippen LogP contribution in [0.2, 0.25) is 0 Å². The number of nitrogens with one attached hydrogen (secondary N) is 1. The Morgan fingerprint density at radius 1 is 1.10 bits per heavy atom. The molecule has 0 bridgehead atoms. The summed E-state index contributed by atoms with van der Waals surface area (Å²) in [4.78, 5) is 27.5. The van der Waals surface area contributed by atoms with Gasteiger partial charge in [-0.25, -0.2) is 0 Å². The van der Waals surface area contributed by atoms with Crippen LogP contribution in [0.5, 0.6) is 5.75 Å². The maximum absolute atomic E-state index is 13.2. The zero-order chi connectivity index (χ0) is 20.4. The minimum Gasteiger partial charge on any atom is -0.496 e. The van der Waals surface area contributed by atoms with Gasteiger partial charge in [0.1, 0.15) is 5.75 Å². The second-order valence-corrected chi connectivity index (χ2v) is 8.17. The molecule has 2 aromatic carbocycles. The number of amides is 2. The second-order valence-electron chi connectivity index (χ2n) is 8.17. The number of piperidine rings is 1. The molecule has 2 aromatic rings. The number of fused-ring (bicyclic) bond motifs is 1. The van der Waals surface area contributed by atoms with E-state index in [9.17, 15) is 9.59 Å².